The molecule has 0 spiro atoms. The molecular formula is C14H23N7O4. The molecule has 2 fully saturated rings. The van der Waals surface area contributed by atoms with Crippen molar-refractivity contribution in [1.82, 2.24) is 15.0 Å². The number of anilines is 3. The first kappa shape index (κ1) is 17.7. The van der Waals surface area contributed by atoms with E-state index >= 15 is 0 Å². The van der Waals surface area contributed by atoms with E-state index in [1.54, 1.807) is 0 Å². The zero-order valence-corrected chi connectivity index (χ0v) is 13.9. The molecule has 0 aromatic carbocycles. The van der Waals surface area contributed by atoms with Crippen molar-refractivity contribution >= 4 is 24.1 Å². The standard InChI is InChI=1S/C14H23N7O4/c22-10-11(23)9-15-19-12-16-13(20-1-5-24-6-2-20)18-14(17-12)21-3-7-25-8-4-21/h9,11,22-23H,1-8,10H2,(H,16,17,18,19)/b15-9-. The van der Waals surface area contributed by atoms with Crippen LogP contribution < -0.4 is 15.2 Å². The summed E-state index contributed by atoms with van der Waals surface area (Å²) in [6, 6.07) is 0. The highest BCUT2D eigenvalue weighted by atomic mass is 16.5. The zero-order valence-electron chi connectivity index (χ0n) is 13.9. The molecule has 25 heavy (non-hydrogen) atoms. The Morgan fingerprint density at radius 3 is 2.00 bits per heavy atom. The second kappa shape index (κ2) is 8.85. The molecule has 1 aromatic rings. The van der Waals surface area contributed by atoms with Crippen LogP contribution in [-0.2, 0) is 9.47 Å². The molecule has 0 bridgehead atoms. The third kappa shape index (κ3) is 4.95. The number of hydrazone groups is 1. The Morgan fingerprint density at radius 2 is 1.52 bits per heavy atom. The van der Waals surface area contributed by atoms with E-state index in [2.05, 4.69) is 25.5 Å². The van der Waals surface area contributed by atoms with Crippen molar-refractivity contribution in [3.8, 4) is 0 Å². The van der Waals surface area contributed by atoms with Gasteiger partial charge >= 0.3 is 0 Å². The maximum Gasteiger partial charge on any atom is 0.250 e. The summed E-state index contributed by atoms with van der Waals surface area (Å²) in [7, 11) is 0. The first-order chi connectivity index (χ1) is 12.3. The number of nitrogens with one attached hydrogen (secondary N) is 1. The van der Waals surface area contributed by atoms with Crippen LogP contribution in [0.3, 0.4) is 0 Å². The largest absolute Gasteiger partial charge is 0.393 e. The number of ether oxygens (including phenoxy) is 2. The van der Waals surface area contributed by atoms with Gasteiger partial charge in [-0.15, -0.1) is 0 Å². The molecular weight excluding hydrogens is 330 g/mol. The van der Waals surface area contributed by atoms with Crippen molar-refractivity contribution in [1.29, 1.82) is 0 Å². The predicted octanol–water partition coefficient (Wildman–Crippen LogP) is -1.70. The minimum Gasteiger partial charge on any atom is -0.393 e. The number of hydrogen-bond acceptors (Lipinski definition) is 11. The number of aromatic nitrogens is 3. The van der Waals surface area contributed by atoms with E-state index < -0.39 is 12.7 Å². The van der Waals surface area contributed by atoms with Gasteiger partial charge in [-0.3, -0.25) is 0 Å². The summed E-state index contributed by atoms with van der Waals surface area (Å²) in [6.07, 6.45) is 0.152. The third-order valence-corrected chi connectivity index (χ3v) is 3.80. The van der Waals surface area contributed by atoms with Gasteiger partial charge in [-0.25, -0.2) is 5.43 Å². The third-order valence-electron chi connectivity index (χ3n) is 3.80. The molecule has 0 radical (unpaired) electrons. The molecule has 1 aromatic heterocycles. The topological polar surface area (TPSA) is 128 Å². The van der Waals surface area contributed by atoms with Gasteiger partial charge in [0.15, 0.2) is 0 Å². The Hall–Kier alpha value is -2.08. The number of nitrogens with zero attached hydrogens (tertiary/aromatic N) is 6. The van der Waals surface area contributed by atoms with Crippen molar-refractivity contribution < 1.29 is 19.7 Å². The van der Waals surface area contributed by atoms with Gasteiger partial charge in [0, 0.05) is 26.2 Å². The fourth-order valence-corrected chi connectivity index (χ4v) is 2.44. The van der Waals surface area contributed by atoms with E-state index in [1.807, 2.05) is 9.80 Å². The minimum atomic E-state index is -1.04. The molecule has 2 saturated heterocycles. The van der Waals surface area contributed by atoms with E-state index in [1.165, 1.54) is 6.21 Å². The van der Waals surface area contributed by atoms with Gasteiger partial charge in [0.05, 0.1) is 39.2 Å². The molecule has 1 atom stereocenters. The summed E-state index contributed by atoms with van der Waals surface area (Å²) in [4.78, 5) is 17.4. The second-order valence-electron chi connectivity index (χ2n) is 5.60. The van der Waals surface area contributed by atoms with E-state index in [9.17, 15) is 5.11 Å². The Balaban J connectivity index is 1.80. The lowest BCUT2D eigenvalue weighted by atomic mass is 10.4. The van der Waals surface area contributed by atoms with Gasteiger partial charge in [-0.2, -0.15) is 20.1 Å². The molecule has 3 heterocycles. The van der Waals surface area contributed by atoms with E-state index in [0.29, 0.717) is 64.5 Å². The van der Waals surface area contributed by atoms with Crippen LogP contribution in [-0.4, -0.2) is 96.7 Å². The summed E-state index contributed by atoms with van der Waals surface area (Å²) >= 11 is 0. The van der Waals surface area contributed by atoms with E-state index in [4.69, 9.17) is 14.6 Å². The smallest absolute Gasteiger partial charge is 0.250 e. The van der Waals surface area contributed by atoms with Crippen LogP contribution >= 0.6 is 0 Å². The Morgan fingerprint density at radius 1 is 1.00 bits per heavy atom. The van der Waals surface area contributed by atoms with Crippen molar-refractivity contribution in [3.05, 3.63) is 0 Å². The number of rotatable bonds is 6. The van der Waals surface area contributed by atoms with Crippen LogP contribution in [0.1, 0.15) is 0 Å². The van der Waals surface area contributed by atoms with Crippen LogP contribution in [0.5, 0.6) is 0 Å². The monoisotopic (exact) mass is 353 g/mol. The molecule has 2 aliphatic heterocycles. The molecule has 11 nitrogen and oxygen atoms in total. The first-order valence-electron chi connectivity index (χ1n) is 8.26. The van der Waals surface area contributed by atoms with Gasteiger partial charge in [0.25, 0.3) is 0 Å². The summed E-state index contributed by atoms with van der Waals surface area (Å²) < 4.78 is 10.7. The Bertz CT molecular complexity index is 540. The lowest BCUT2D eigenvalue weighted by Gasteiger charge is -2.30. The molecule has 3 N–H and O–H groups in total. The van der Waals surface area contributed by atoms with Crippen molar-refractivity contribution in [2.75, 3.05) is 74.4 Å². The lowest BCUT2D eigenvalue weighted by molar-refractivity contribution is 0.121. The highest BCUT2D eigenvalue weighted by molar-refractivity contribution is 5.63. The number of aliphatic hydroxyl groups excluding tert-OH is 2. The number of hydrogen-bond donors (Lipinski definition) is 3. The average Bonchev–Trinajstić information content (AvgIpc) is 2.69. The quantitative estimate of drug-likeness (QED) is 0.402. The summed E-state index contributed by atoms with van der Waals surface area (Å²) in [5.41, 5.74) is 2.69. The summed E-state index contributed by atoms with van der Waals surface area (Å²) in [5, 5.41) is 22.0. The maximum absolute atomic E-state index is 9.32. The van der Waals surface area contributed by atoms with Crippen LogP contribution in [0, 0.1) is 0 Å². The van der Waals surface area contributed by atoms with Gasteiger partial charge in [0.2, 0.25) is 17.8 Å². The molecule has 3 rings (SSSR count). The summed E-state index contributed by atoms with van der Waals surface area (Å²) in [6.45, 7) is 4.93. The van der Waals surface area contributed by atoms with Gasteiger partial charge in [-0.1, -0.05) is 0 Å². The van der Waals surface area contributed by atoms with Crippen molar-refractivity contribution in [2.45, 2.75) is 6.10 Å². The fourth-order valence-electron chi connectivity index (χ4n) is 2.44. The van der Waals surface area contributed by atoms with Crippen LogP contribution in [0.15, 0.2) is 5.10 Å². The first-order valence-corrected chi connectivity index (χ1v) is 8.26. The van der Waals surface area contributed by atoms with E-state index in [-0.39, 0.29) is 5.95 Å². The molecule has 0 saturated carbocycles. The molecule has 138 valence electrons. The summed E-state index contributed by atoms with van der Waals surface area (Å²) in [5.74, 6) is 1.39. The normalized spacial score (nSPS) is 20.1. The van der Waals surface area contributed by atoms with Crippen LogP contribution in [0.25, 0.3) is 0 Å². The SMILES string of the molecule is OCC(O)/C=N\Nc1nc(N2CCOCC2)nc(N2CCOCC2)n1. The number of aliphatic hydroxyl groups is 2. The van der Waals surface area contributed by atoms with Gasteiger partial charge in [-0.05, 0) is 0 Å². The molecule has 0 amide bonds. The highest BCUT2D eigenvalue weighted by Crippen LogP contribution is 2.18. The predicted molar refractivity (Wildman–Crippen MR) is 91.1 cm³/mol. The van der Waals surface area contributed by atoms with Crippen molar-refractivity contribution in [2.24, 2.45) is 5.10 Å². The maximum atomic E-state index is 9.32. The van der Waals surface area contributed by atoms with E-state index in [0.717, 1.165) is 0 Å². The van der Waals surface area contributed by atoms with Gasteiger partial charge < -0.3 is 29.5 Å². The molecule has 1 unspecified atom stereocenters. The number of morpholine rings is 2. The van der Waals surface area contributed by atoms with Crippen molar-refractivity contribution in [3.63, 3.8) is 0 Å². The Labute approximate surface area is 145 Å². The molecule has 2 aliphatic rings. The highest BCUT2D eigenvalue weighted by Gasteiger charge is 2.20. The van der Waals surface area contributed by atoms with Crippen LogP contribution in [0.4, 0.5) is 17.8 Å². The fraction of sp³-hybridized carbons (Fsp3) is 0.714. The average molecular weight is 353 g/mol. The molecule has 11 heteroatoms. The molecule has 0 aliphatic carbocycles. The Kier molecular flexibility index (Phi) is 6.28. The zero-order chi connectivity index (χ0) is 17.5. The lowest BCUT2D eigenvalue weighted by Crippen LogP contribution is -2.40. The second-order valence-corrected chi connectivity index (χ2v) is 5.60. The minimum absolute atomic E-state index is 0.277. The van der Waals surface area contributed by atoms with Crippen LogP contribution in [0.2, 0.25) is 0 Å². The van der Waals surface area contributed by atoms with Gasteiger partial charge in [0.1, 0.15) is 6.10 Å².